The second-order valence-corrected chi connectivity index (χ2v) is 10.5. The van der Waals surface area contributed by atoms with E-state index in [1.165, 1.54) is 49.6 Å². The topological polar surface area (TPSA) is 98.8 Å². The minimum atomic E-state index is -4.64. The Balaban J connectivity index is 1.43. The van der Waals surface area contributed by atoms with E-state index >= 15 is 4.39 Å². The molecule has 0 radical (unpaired) electrons. The highest BCUT2D eigenvalue weighted by molar-refractivity contribution is 6.32. The standard InChI is InChI=1S/C29H31ClF4N6O3/c1-17(2)40-12-10-39(11-13-40)16-18-4-5-19(14-21(18)29(32,33)34)37-28(42)38-22-6-7-24(25(30)26(22)31)43-20-8-9-36-23(15-20)27(41)35-3/h4-9,14-15,17H,10-13,16H2,1-3H3,(H,35,41)(H2,37,38,42). The van der Waals surface area contributed by atoms with Crippen molar-refractivity contribution >= 4 is 34.9 Å². The summed E-state index contributed by atoms with van der Waals surface area (Å²) in [4.78, 5) is 32.5. The van der Waals surface area contributed by atoms with E-state index in [0.29, 0.717) is 19.1 Å². The summed E-state index contributed by atoms with van der Waals surface area (Å²) in [5, 5.41) is 6.53. The second kappa shape index (κ2) is 13.6. The van der Waals surface area contributed by atoms with Gasteiger partial charge < -0.3 is 20.7 Å². The van der Waals surface area contributed by atoms with Gasteiger partial charge >= 0.3 is 12.2 Å². The van der Waals surface area contributed by atoms with Crippen LogP contribution in [0.2, 0.25) is 5.02 Å². The first-order valence-electron chi connectivity index (χ1n) is 13.4. The lowest BCUT2D eigenvalue weighted by Gasteiger charge is -2.37. The largest absolute Gasteiger partial charge is 0.456 e. The molecule has 3 aromatic rings. The van der Waals surface area contributed by atoms with Gasteiger partial charge in [0, 0.05) is 63.8 Å². The van der Waals surface area contributed by atoms with E-state index in [4.69, 9.17) is 16.3 Å². The first-order valence-corrected chi connectivity index (χ1v) is 13.8. The first-order chi connectivity index (χ1) is 20.3. The maximum Gasteiger partial charge on any atom is 0.416 e. The molecule has 0 atom stereocenters. The van der Waals surface area contributed by atoms with Gasteiger partial charge in [0.05, 0.1) is 11.3 Å². The van der Waals surface area contributed by atoms with E-state index < -0.39 is 34.5 Å². The summed E-state index contributed by atoms with van der Waals surface area (Å²) in [6.45, 7) is 7.13. The fraction of sp³-hybridized carbons (Fsp3) is 0.345. The minimum absolute atomic E-state index is 0.0674. The summed E-state index contributed by atoms with van der Waals surface area (Å²) in [6.07, 6.45) is -3.32. The third-order valence-corrected chi connectivity index (χ3v) is 7.27. The Morgan fingerprint density at radius 3 is 2.42 bits per heavy atom. The molecular weight excluding hydrogens is 592 g/mol. The number of halogens is 5. The Labute approximate surface area is 251 Å². The molecule has 9 nitrogen and oxygen atoms in total. The lowest BCUT2D eigenvalue weighted by atomic mass is 10.0. The van der Waals surface area contributed by atoms with Crippen molar-refractivity contribution in [1.82, 2.24) is 20.1 Å². The summed E-state index contributed by atoms with van der Waals surface area (Å²) < 4.78 is 62.4. The van der Waals surface area contributed by atoms with Gasteiger partial charge in [-0.25, -0.2) is 9.18 Å². The fourth-order valence-electron chi connectivity index (χ4n) is 4.58. The van der Waals surface area contributed by atoms with Crippen LogP contribution in [-0.2, 0) is 12.7 Å². The van der Waals surface area contributed by atoms with Gasteiger partial charge in [0.25, 0.3) is 5.91 Å². The van der Waals surface area contributed by atoms with Gasteiger partial charge in [-0.2, -0.15) is 13.2 Å². The summed E-state index contributed by atoms with van der Waals surface area (Å²) >= 11 is 6.12. The van der Waals surface area contributed by atoms with Gasteiger partial charge in [0.2, 0.25) is 0 Å². The van der Waals surface area contributed by atoms with Crippen LogP contribution in [0, 0.1) is 5.82 Å². The molecule has 1 aliphatic heterocycles. The van der Waals surface area contributed by atoms with Crippen molar-refractivity contribution < 1.29 is 31.9 Å². The molecule has 0 bridgehead atoms. The Kier molecular flexibility index (Phi) is 10.1. The number of urea groups is 1. The molecule has 14 heteroatoms. The summed E-state index contributed by atoms with van der Waals surface area (Å²) in [5.74, 6) is -1.42. The van der Waals surface area contributed by atoms with E-state index in [1.54, 1.807) is 0 Å². The maximum absolute atomic E-state index is 15.0. The molecule has 3 N–H and O–H groups in total. The van der Waals surface area contributed by atoms with Crippen molar-refractivity contribution in [2.24, 2.45) is 0 Å². The number of hydrogen-bond acceptors (Lipinski definition) is 6. The predicted molar refractivity (Wildman–Crippen MR) is 155 cm³/mol. The normalized spacial score (nSPS) is 14.4. The van der Waals surface area contributed by atoms with Crippen LogP contribution in [0.3, 0.4) is 0 Å². The van der Waals surface area contributed by atoms with Crippen LogP contribution >= 0.6 is 11.6 Å². The van der Waals surface area contributed by atoms with Crippen LogP contribution in [0.25, 0.3) is 0 Å². The van der Waals surface area contributed by atoms with E-state index in [1.807, 2.05) is 4.90 Å². The van der Waals surface area contributed by atoms with Gasteiger partial charge in [-0.15, -0.1) is 0 Å². The lowest BCUT2D eigenvalue weighted by molar-refractivity contribution is -0.138. The molecule has 1 aliphatic rings. The number of nitrogens with zero attached hydrogens (tertiary/aromatic N) is 3. The molecule has 0 spiro atoms. The zero-order valence-electron chi connectivity index (χ0n) is 23.7. The molecule has 0 saturated carbocycles. The number of benzene rings is 2. The number of ether oxygens (including phenoxy) is 1. The molecule has 4 rings (SSSR count). The molecule has 3 amide bonds. The molecule has 2 heterocycles. The molecule has 43 heavy (non-hydrogen) atoms. The molecule has 2 aromatic carbocycles. The second-order valence-electron chi connectivity index (χ2n) is 10.2. The predicted octanol–water partition coefficient (Wildman–Crippen LogP) is 6.21. The third kappa shape index (κ3) is 8.12. The lowest BCUT2D eigenvalue weighted by Crippen LogP contribution is -2.48. The first kappa shape index (κ1) is 32.0. The van der Waals surface area contributed by atoms with E-state index in [2.05, 4.69) is 39.7 Å². The number of rotatable bonds is 8. The number of piperazine rings is 1. The number of anilines is 2. The summed E-state index contributed by atoms with van der Waals surface area (Å²) in [7, 11) is 1.44. The van der Waals surface area contributed by atoms with Crippen LogP contribution in [0.1, 0.15) is 35.5 Å². The quantitative estimate of drug-likeness (QED) is 0.258. The number of hydrogen-bond donors (Lipinski definition) is 3. The Bertz CT molecular complexity index is 1480. The van der Waals surface area contributed by atoms with E-state index in [0.717, 1.165) is 19.2 Å². The molecule has 0 aliphatic carbocycles. The average Bonchev–Trinajstić information content (AvgIpc) is 2.97. The highest BCUT2D eigenvalue weighted by Crippen LogP contribution is 2.36. The number of aromatic nitrogens is 1. The molecule has 1 aromatic heterocycles. The average molecular weight is 623 g/mol. The number of carbonyl (C=O) groups excluding carboxylic acids is 2. The van der Waals surface area contributed by atoms with Crippen LogP contribution in [0.4, 0.5) is 33.7 Å². The molecule has 230 valence electrons. The van der Waals surface area contributed by atoms with E-state index in [9.17, 15) is 22.8 Å². The summed E-state index contributed by atoms with van der Waals surface area (Å²) in [6, 6.07) is 8.21. The monoisotopic (exact) mass is 622 g/mol. The smallest absolute Gasteiger partial charge is 0.416 e. The highest BCUT2D eigenvalue weighted by atomic mass is 35.5. The van der Waals surface area contributed by atoms with Gasteiger partial charge in [-0.3, -0.25) is 19.6 Å². The number of pyridine rings is 1. The van der Waals surface area contributed by atoms with Gasteiger partial charge in [0.1, 0.15) is 22.2 Å². The van der Waals surface area contributed by atoms with Crippen LogP contribution in [0.15, 0.2) is 48.7 Å². The Morgan fingerprint density at radius 2 is 1.77 bits per heavy atom. The van der Waals surface area contributed by atoms with Gasteiger partial charge in [-0.05, 0) is 49.7 Å². The van der Waals surface area contributed by atoms with Crippen molar-refractivity contribution in [3.63, 3.8) is 0 Å². The van der Waals surface area contributed by atoms with Crippen LogP contribution < -0.4 is 20.7 Å². The number of carbonyl (C=O) groups is 2. The highest BCUT2D eigenvalue weighted by Gasteiger charge is 2.34. The molecular formula is C29H31ClF4N6O3. The van der Waals surface area contributed by atoms with Crippen molar-refractivity contribution in [2.75, 3.05) is 43.9 Å². The van der Waals surface area contributed by atoms with E-state index in [-0.39, 0.29) is 40.7 Å². The van der Waals surface area contributed by atoms with Crippen molar-refractivity contribution in [1.29, 1.82) is 0 Å². The van der Waals surface area contributed by atoms with Crippen molar-refractivity contribution in [3.8, 4) is 11.5 Å². The Morgan fingerprint density at radius 1 is 1.05 bits per heavy atom. The number of amides is 3. The van der Waals surface area contributed by atoms with Crippen molar-refractivity contribution in [2.45, 2.75) is 32.6 Å². The zero-order chi connectivity index (χ0) is 31.3. The number of nitrogens with one attached hydrogen (secondary N) is 3. The number of alkyl halides is 3. The maximum atomic E-state index is 15.0. The Hall–Kier alpha value is -3.94. The third-order valence-electron chi connectivity index (χ3n) is 6.92. The summed E-state index contributed by atoms with van der Waals surface area (Å²) in [5.41, 5.74) is -1.14. The van der Waals surface area contributed by atoms with Crippen molar-refractivity contribution in [3.05, 3.63) is 76.3 Å². The fourth-order valence-corrected chi connectivity index (χ4v) is 4.78. The van der Waals surface area contributed by atoms with Gasteiger partial charge in [-0.1, -0.05) is 17.7 Å². The van der Waals surface area contributed by atoms with Crippen LogP contribution in [-0.4, -0.2) is 66.0 Å². The SMILES string of the molecule is CNC(=O)c1cc(Oc2ccc(NC(=O)Nc3ccc(CN4CCN(C(C)C)CC4)c(C(F)(F)F)c3)c(F)c2Cl)ccn1. The molecule has 1 saturated heterocycles. The molecule has 0 unspecified atom stereocenters. The van der Waals surface area contributed by atoms with Crippen LogP contribution in [0.5, 0.6) is 11.5 Å². The zero-order valence-corrected chi connectivity index (χ0v) is 24.4. The molecule has 1 fully saturated rings. The van der Waals surface area contributed by atoms with Gasteiger partial charge in [0.15, 0.2) is 5.82 Å². The minimum Gasteiger partial charge on any atom is -0.456 e.